The molecule has 0 aliphatic rings. The molecule has 4 aromatic carbocycles. The van der Waals surface area contributed by atoms with Gasteiger partial charge in [0.2, 0.25) is 10.0 Å². The molecule has 0 unspecified atom stereocenters. The maximum atomic E-state index is 12.9. The van der Waals surface area contributed by atoms with Gasteiger partial charge in [-0.2, -0.15) is 9.42 Å². The average molecular weight is 458 g/mol. The lowest BCUT2D eigenvalue weighted by molar-refractivity contribution is 0.466. The molecule has 0 amide bonds. The summed E-state index contributed by atoms with van der Waals surface area (Å²) in [6.45, 7) is 0.279. The Morgan fingerprint density at radius 2 is 1.39 bits per heavy atom. The van der Waals surface area contributed by atoms with Crippen LogP contribution in [0.25, 0.3) is 11.1 Å². The lowest BCUT2D eigenvalue weighted by Gasteiger charge is -2.17. The highest BCUT2D eigenvalue weighted by atomic mass is 32.2. The van der Waals surface area contributed by atoms with E-state index in [2.05, 4.69) is 10.2 Å². The lowest BCUT2D eigenvalue weighted by atomic mass is 10.1. The number of hydrogen-bond donors (Lipinski definition) is 1. The molecule has 0 spiro atoms. The Morgan fingerprint density at radius 1 is 0.758 bits per heavy atom. The van der Waals surface area contributed by atoms with Gasteiger partial charge in [0.1, 0.15) is 11.4 Å². The molecule has 0 heterocycles. The topological polar surface area (TPSA) is 82.3 Å². The third-order valence-electron chi connectivity index (χ3n) is 5.15. The summed E-state index contributed by atoms with van der Waals surface area (Å²) < 4.78 is 27.1. The van der Waals surface area contributed by atoms with E-state index >= 15 is 0 Å². The van der Waals surface area contributed by atoms with Crippen molar-refractivity contribution >= 4 is 21.4 Å². The number of phenolic OH excluding ortho intramolecular Hbond substituents is 1. The molecule has 0 saturated carbocycles. The van der Waals surface area contributed by atoms with Crippen molar-refractivity contribution in [2.75, 3.05) is 7.05 Å². The van der Waals surface area contributed by atoms with Crippen LogP contribution in [0.15, 0.2) is 118 Å². The second-order valence-corrected chi connectivity index (χ2v) is 9.55. The summed E-state index contributed by atoms with van der Waals surface area (Å²) in [6, 6.07) is 30.5. The number of rotatable bonds is 7. The maximum absolute atomic E-state index is 12.9. The van der Waals surface area contributed by atoms with E-state index in [1.807, 2.05) is 66.7 Å². The van der Waals surface area contributed by atoms with Crippen LogP contribution in [0, 0.1) is 0 Å². The predicted molar refractivity (Wildman–Crippen MR) is 129 cm³/mol. The Balaban J connectivity index is 1.51. The van der Waals surface area contributed by atoms with Gasteiger partial charge in [-0.05, 0) is 53.1 Å². The summed E-state index contributed by atoms with van der Waals surface area (Å²) in [5.41, 5.74) is 3.62. The minimum atomic E-state index is -3.64. The molecule has 6 nitrogen and oxygen atoms in total. The molecule has 0 radical (unpaired) electrons. The zero-order chi connectivity index (χ0) is 23.3. The van der Waals surface area contributed by atoms with Crippen molar-refractivity contribution in [3.8, 4) is 16.9 Å². The van der Waals surface area contributed by atoms with Gasteiger partial charge in [0, 0.05) is 13.6 Å². The Kier molecular flexibility index (Phi) is 6.63. The van der Waals surface area contributed by atoms with E-state index in [-0.39, 0.29) is 17.2 Å². The maximum Gasteiger partial charge on any atom is 0.243 e. The van der Waals surface area contributed by atoms with Crippen molar-refractivity contribution in [3.63, 3.8) is 0 Å². The highest BCUT2D eigenvalue weighted by molar-refractivity contribution is 7.89. The SMILES string of the molecule is CN(Cc1ccccc1)S(=O)(=O)c1ccc(N=Nc2cc(-c3ccccc3)ccc2O)cc1. The number of sulfonamides is 1. The normalized spacial score (nSPS) is 11.8. The smallest absolute Gasteiger partial charge is 0.243 e. The molecule has 0 aromatic heterocycles. The Labute approximate surface area is 193 Å². The zero-order valence-corrected chi connectivity index (χ0v) is 18.9. The van der Waals surface area contributed by atoms with E-state index in [9.17, 15) is 13.5 Å². The van der Waals surface area contributed by atoms with Crippen molar-refractivity contribution in [2.24, 2.45) is 10.2 Å². The summed E-state index contributed by atoms with van der Waals surface area (Å²) in [6.07, 6.45) is 0. The van der Waals surface area contributed by atoms with Crippen LogP contribution in [0.5, 0.6) is 5.75 Å². The molecule has 1 N–H and O–H groups in total. The molecular formula is C26H23N3O3S. The third-order valence-corrected chi connectivity index (χ3v) is 6.97. The Hall–Kier alpha value is -3.81. The Bertz CT molecular complexity index is 1360. The van der Waals surface area contributed by atoms with Gasteiger partial charge >= 0.3 is 0 Å². The monoisotopic (exact) mass is 457 g/mol. The molecule has 7 heteroatoms. The number of benzene rings is 4. The van der Waals surface area contributed by atoms with Crippen LogP contribution in [-0.4, -0.2) is 24.9 Å². The fourth-order valence-corrected chi connectivity index (χ4v) is 4.47. The van der Waals surface area contributed by atoms with Crippen molar-refractivity contribution < 1.29 is 13.5 Å². The van der Waals surface area contributed by atoms with E-state index in [4.69, 9.17) is 0 Å². The molecule has 0 saturated heterocycles. The molecule has 4 rings (SSSR count). The number of hydrogen-bond acceptors (Lipinski definition) is 5. The largest absolute Gasteiger partial charge is 0.506 e. The molecule has 166 valence electrons. The number of azo groups is 1. The van der Waals surface area contributed by atoms with E-state index < -0.39 is 10.0 Å². The van der Waals surface area contributed by atoms with Gasteiger partial charge in [-0.25, -0.2) is 8.42 Å². The second kappa shape index (κ2) is 9.77. The molecule has 0 atom stereocenters. The molecule has 33 heavy (non-hydrogen) atoms. The van der Waals surface area contributed by atoms with E-state index in [0.717, 1.165) is 16.7 Å². The summed E-state index contributed by atoms with van der Waals surface area (Å²) in [4.78, 5) is 0.175. The molecular weight excluding hydrogens is 434 g/mol. The minimum absolute atomic E-state index is 0.0140. The van der Waals surface area contributed by atoms with Crippen LogP contribution in [0.1, 0.15) is 5.56 Å². The van der Waals surface area contributed by atoms with Crippen LogP contribution in [-0.2, 0) is 16.6 Å². The average Bonchev–Trinajstić information content (AvgIpc) is 2.85. The summed E-state index contributed by atoms with van der Waals surface area (Å²) in [5, 5.41) is 18.5. The van der Waals surface area contributed by atoms with Crippen molar-refractivity contribution in [3.05, 3.63) is 109 Å². The fourth-order valence-electron chi connectivity index (χ4n) is 3.32. The standard InChI is InChI=1S/C26H23N3O3S/c1-29(19-20-8-4-2-5-9-20)33(31,32)24-15-13-23(14-16-24)27-28-25-18-22(12-17-26(25)30)21-10-6-3-7-11-21/h2-18,30H,19H2,1H3. The summed E-state index contributed by atoms with van der Waals surface area (Å²) in [5.74, 6) is 0.0140. The first-order chi connectivity index (χ1) is 15.9. The van der Waals surface area contributed by atoms with E-state index in [1.54, 1.807) is 31.3 Å². The van der Waals surface area contributed by atoms with Crippen LogP contribution >= 0.6 is 0 Å². The van der Waals surface area contributed by atoms with Crippen molar-refractivity contribution in [2.45, 2.75) is 11.4 Å². The van der Waals surface area contributed by atoms with Crippen molar-refractivity contribution in [1.29, 1.82) is 0 Å². The van der Waals surface area contributed by atoms with Crippen molar-refractivity contribution in [1.82, 2.24) is 4.31 Å². The Morgan fingerprint density at radius 3 is 2.06 bits per heavy atom. The van der Waals surface area contributed by atoms with Crippen LogP contribution in [0.3, 0.4) is 0 Å². The highest BCUT2D eigenvalue weighted by Gasteiger charge is 2.20. The summed E-state index contributed by atoms with van der Waals surface area (Å²) in [7, 11) is -2.09. The van der Waals surface area contributed by atoms with Gasteiger partial charge in [0.25, 0.3) is 0 Å². The van der Waals surface area contributed by atoms with E-state index in [1.165, 1.54) is 16.4 Å². The summed E-state index contributed by atoms with van der Waals surface area (Å²) >= 11 is 0. The van der Waals surface area contributed by atoms with Gasteiger partial charge < -0.3 is 5.11 Å². The molecule has 0 aliphatic carbocycles. The van der Waals surface area contributed by atoms with Gasteiger partial charge in [0.15, 0.2) is 0 Å². The first-order valence-electron chi connectivity index (χ1n) is 10.3. The third kappa shape index (κ3) is 5.34. The van der Waals surface area contributed by atoms with Gasteiger partial charge in [-0.15, -0.1) is 5.11 Å². The van der Waals surface area contributed by atoms with Crippen LogP contribution in [0.2, 0.25) is 0 Å². The van der Waals surface area contributed by atoms with Gasteiger partial charge in [-0.3, -0.25) is 0 Å². The second-order valence-electron chi connectivity index (χ2n) is 7.51. The quantitative estimate of drug-likeness (QED) is 0.331. The first kappa shape index (κ1) is 22.4. The minimum Gasteiger partial charge on any atom is -0.506 e. The lowest BCUT2D eigenvalue weighted by Crippen LogP contribution is -2.26. The number of aromatic hydroxyl groups is 1. The van der Waals surface area contributed by atoms with E-state index in [0.29, 0.717) is 11.4 Å². The van der Waals surface area contributed by atoms with Crippen LogP contribution in [0.4, 0.5) is 11.4 Å². The number of phenols is 1. The predicted octanol–water partition coefficient (Wildman–Crippen LogP) is 6.30. The molecule has 0 bridgehead atoms. The van der Waals surface area contributed by atoms with Gasteiger partial charge in [-0.1, -0.05) is 66.7 Å². The molecule has 0 aliphatic heterocycles. The number of nitrogens with zero attached hydrogens (tertiary/aromatic N) is 3. The fraction of sp³-hybridized carbons (Fsp3) is 0.0769. The van der Waals surface area contributed by atoms with Crippen LogP contribution < -0.4 is 0 Å². The molecule has 4 aromatic rings. The zero-order valence-electron chi connectivity index (χ0n) is 18.0. The van der Waals surface area contributed by atoms with Gasteiger partial charge in [0.05, 0.1) is 10.6 Å². The highest BCUT2D eigenvalue weighted by Crippen LogP contribution is 2.33. The first-order valence-corrected chi connectivity index (χ1v) is 11.8. The molecule has 0 fully saturated rings.